The molecule has 0 saturated carbocycles. The number of carbonyl (C=O) groups excluding carboxylic acids is 2. The highest BCUT2D eigenvalue weighted by Crippen LogP contribution is 2.35. The Hall–Kier alpha value is -4.41. The van der Waals surface area contributed by atoms with Crippen molar-refractivity contribution in [1.82, 2.24) is 0 Å². The quantitative estimate of drug-likeness (QED) is 0.107. The van der Waals surface area contributed by atoms with Crippen molar-refractivity contribution in [3.63, 3.8) is 0 Å². The summed E-state index contributed by atoms with van der Waals surface area (Å²) in [5, 5.41) is 0. The minimum Gasteiger partial charge on any atom is -0.494 e. The van der Waals surface area contributed by atoms with E-state index < -0.39 is 53.2 Å². The number of fused-ring (bicyclic) bond motifs is 1. The molecule has 3 aromatic rings. The summed E-state index contributed by atoms with van der Waals surface area (Å²) in [5.74, 6) is -13.8. The molecule has 0 N–H and O–H groups in total. The Morgan fingerprint density at radius 3 is 2.11 bits per heavy atom. The standard InChI is InChI=1S/C25H15F5O6/c1-2-33-13-5-3-12(4-6-13)9-17-24(32)15-8-7-14(10-16(15)36-17)35-18(31)11-34-25-22(29)20(27)19(26)21(28)23(25)30/h3-10H,2,11H2,1H3/b17-9-. The van der Waals surface area contributed by atoms with Gasteiger partial charge in [-0.1, -0.05) is 12.1 Å². The number of halogens is 5. The van der Waals surface area contributed by atoms with Crippen LogP contribution in [-0.4, -0.2) is 25.0 Å². The number of hydrogen-bond donors (Lipinski definition) is 0. The third-order valence-corrected chi connectivity index (χ3v) is 4.87. The Bertz CT molecular complexity index is 1360. The number of carbonyl (C=O) groups is 2. The number of ether oxygens (including phenoxy) is 4. The van der Waals surface area contributed by atoms with Gasteiger partial charge in [-0.2, -0.15) is 8.78 Å². The first-order chi connectivity index (χ1) is 17.2. The maximum Gasteiger partial charge on any atom is 0.349 e. The smallest absolute Gasteiger partial charge is 0.349 e. The molecule has 0 unspecified atom stereocenters. The molecule has 11 heteroatoms. The van der Waals surface area contributed by atoms with E-state index in [1.807, 2.05) is 6.92 Å². The molecule has 6 nitrogen and oxygen atoms in total. The largest absolute Gasteiger partial charge is 0.494 e. The number of Topliss-reactive ketones (excluding diaryl/α,β-unsaturated/α-hetero) is 1. The zero-order valence-corrected chi connectivity index (χ0v) is 18.4. The lowest BCUT2D eigenvalue weighted by Gasteiger charge is -2.10. The number of rotatable bonds is 7. The van der Waals surface area contributed by atoms with E-state index in [1.165, 1.54) is 24.3 Å². The highest BCUT2D eigenvalue weighted by atomic mass is 19.2. The zero-order chi connectivity index (χ0) is 26.0. The number of hydrogen-bond acceptors (Lipinski definition) is 6. The maximum atomic E-state index is 13.7. The molecular formula is C25H15F5O6. The lowest BCUT2D eigenvalue weighted by molar-refractivity contribution is -0.136. The van der Waals surface area contributed by atoms with Gasteiger partial charge >= 0.3 is 5.97 Å². The van der Waals surface area contributed by atoms with Crippen LogP contribution in [0.25, 0.3) is 6.08 Å². The average molecular weight is 506 g/mol. The molecule has 0 bridgehead atoms. The molecule has 0 atom stereocenters. The Labute approximate surface area is 200 Å². The van der Waals surface area contributed by atoms with E-state index in [0.29, 0.717) is 17.9 Å². The molecule has 0 aromatic heterocycles. The summed E-state index contributed by atoms with van der Waals surface area (Å²) < 4.78 is 87.2. The van der Waals surface area contributed by atoms with Crippen molar-refractivity contribution in [3.8, 4) is 23.0 Å². The van der Waals surface area contributed by atoms with Crippen molar-refractivity contribution in [3.05, 3.63) is 88.4 Å². The molecular weight excluding hydrogens is 491 g/mol. The lowest BCUT2D eigenvalue weighted by Crippen LogP contribution is -2.19. The molecule has 0 fully saturated rings. The Kier molecular flexibility index (Phi) is 6.91. The van der Waals surface area contributed by atoms with Gasteiger partial charge in [0.2, 0.25) is 34.9 Å². The highest BCUT2D eigenvalue weighted by Gasteiger charge is 2.29. The van der Waals surface area contributed by atoms with Crippen LogP contribution in [0.15, 0.2) is 48.2 Å². The fourth-order valence-electron chi connectivity index (χ4n) is 3.21. The summed E-state index contributed by atoms with van der Waals surface area (Å²) in [6.45, 7) is 1.19. The molecule has 0 spiro atoms. The van der Waals surface area contributed by atoms with Crippen LogP contribution in [0, 0.1) is 29.1 Å². The van der Waals surface area contributed by atoms with Gasteiger partial charge in [0.05, 0.1) is 12.2 Å². The summed E-state index contributed by atoms with van der Waals surface area (Å²) >= 11 is 0. The van der Waals surface area contributed by atoms with Crippen LogP contribution in [0.4, 0.5) is 22.0 Å². The van der Waals surface area contributed by atoms with Gasteiger partial charge in [-0.25, -0.2) is 18.0 Å². The van der Waals surface area contributed by atoms with Crippen molar-refractivity contribution in [2.75, 3.05) is 13.2 Å². The van der Waals surface area contributed by atoms with Crippen LogP contribution < -0.4 is 18.9 Å². The normalized spacial score (nSPS) is 13.4. The van der Waals surface area contributed by atoms with Gasteiger partial charge in [0.1, 0.15) is 17.2 Å². The summed E-state index contributed by atoms with van der Waals surface area (Å²) in [7, 11) is 0. The van der Waals surface area contributed by atoms with Gasteiger partial charge in [0.25, 0.3) is 0 Å². The fourth-order valence-corrected chi connectivity index (χ4v) is 3.21. The van der Waals surface area contributed by atoms with E-state index in [2.05, 4.69) is 4.74 Å². The second-order valence-electron chi connectivity index (χ2n) is 7.26. The van der Waals surface area contributed by atoms with Crippen LogP contribution in [-0.2, 0) is 4.79 Å². The van der Waals surface area contributed by atoms with E-state index >= 15 is 0 Å². The van der Waals surface area contributed by atoms with Crippen LogP contribution >= 0.6 is 0 Å². The predicted molar refractivity (Wildman–Crippen MR) is 114 cm³/mol. The minimum absolute atomic E-state index is 0.0206. The van der Waals surface area contributed by atoms with Gasteiger partial charge in [-0.15, -0.1) is 0 Å². The average Bonchev–Trinajstić information content (AvgIpc) is 3.17. The molecule has 36 heavy (non-hydrogen) atoms. The second kappa shape index (κ2) is 10.1. The van der Waals surface area contributed by atoms with Crippen molar-refractivity contribution in [2.45, 2.75) is 6.92 Å². The molecule has 1 heterocycles. The molecule has 1 aliphatic heterocycles. The second-order valence-corrected chi connectivity index (χ2v) is 7.26. The van der Waals surface area contributed by atoms with Gasteiger partial charge < -0.3 is 18.9 Å². The Morgan fingerprint density at radius 2 is 1.47 bits per heavy atom. The molecule has 0 amide bonds. The molecule has 0 saturated heterocycles. The third-order valence-electron chi connectivity index (χ3n) is 4.87. The maximum absolute atomic E-state index is 13.7. The van der Waals surface area contributed by atoms with Crippen molar-refractivity contribution < 1.29 is 50.5 Å². The van der Waals surface area contributed by atoms with Gasteiger partial charge in [0, 0.05) is 6.07 Å². The number of benzene rings is 3. The summed E-state index contributed by atoms with van der Waals surface area (Å²) in [6.07, 6.45) is 1.52. The predicted octanol–water partition coefficient (Wildman–Crippen LogP) is 5.38. The number of ketones is 1. The minimum atomic E-state index is -2.36. The van der Waals surface area contributed by atoms with Crippen LogP contribution in [0.5, 0.6) is 23.0 Å². The van der Waals surface area contributed by atoms with Gasteiger partial charge in [-0.3, -0.25) is 4.79 Å². The van der Waals surface area contributed by atoms with Crippen molar-refractivity contribution in [1.29, 1.82) is 0 Å². The van der Waals surface area contributed by atoms with Crippen molar-refractivity contribution >= 4 is 17.8 Å². The number of esters is 1. The summed E-state index contributed by atoms with van der Waals surface area (Å²) in [6, 6.07) is 10.7. The molecule has 1 aliphatic rings. The molecule has 0 radical (unpaired) electrons. The van der Waals surface area contributed by atoms with E-state index in [4.69, 9.17) is 14.2 Å². The van der Waals surface area contributed by atoms with Gasteiger partial charge in [0.15, 0.2) is 18.1 Å². The first-order valence-corrected chi connectivity index (χ1v) is 10.4. The van der Waals surface area contributed by atoms with Crippen LogP contribution in [0.3, 0.4) is 0 Å². The molecule has 0 aliphatic carbocycles. The molecule has 186 valence electrons. The zero-order valence-electron chi connectivity index (χ0n) is 18.4. The highest BCUT2D eigenvalue weighted by molar-refractivity contribution is 6.14. The lowest BCUT2D eigenvalue weighted by atomic mass is 10.1. The van der Waals surface area contributed by atoms with E-state index in [1.54, 1.807) is 24.3 Å². The van der Waals surface area contributed by atoms with Gasteiger partial charge in [-0.05, 0) is 42.8 Å². The Balaban J connectivity index is 1.43. The SMILES string of the molecule is CCOc1ccc(/C=C2\Oc3cc(OC(=O)COc4c(F)c(F)c(F)c(F)c4F)ccc3C2=O)cc1. The van der Waals surface area contributed by atoms with E-state index in [0.717, 1.165) is 0 Å². The van der Waals surface area contributed by atoms with E-state index in [-0.39, 0.29) is 22.8 Å². The molecule has 4 rings (SSSR count). The number of allylic oxidation sites excluding steroid dienone is 1. The van der Waals surface area contributed by atoms with E-state index in [9.17, 15) is 31.5 Å². The van der Waals surface area contributed by atoms with Crippen LogP contribution in [0.2, 0.25) is 0 Å². The first kappa shape index (κ1) is 24.7. The molecule has 3 aromatic carbocycles. The monoisotopic (exact) mass is 506 g/mol. The first-order valence-electron chi connectivity index (χ1n) is 10.4. The topological polar surface area (TPSA) is 71.1 Å². The fraction of sp³-hybridized carbons (Fsp3) is 0.120. The third kappa shape index (κ3) is 4.85. The summed E-state index contributed by atoms with van der Waals surface area (Å²) in [4.78, 5) is 24.6. The summed E-state index contributed by atoms with van der Waals surface area (Å²) in [5.41, 5.74) is 0.871. The van der Waals surface area contributed by atoms with Crippen molar-refractivity contribution in [2.24, 2.45) is 0 Å². The van der Waals surface area contributed by atoms with Crippen LogP contribution in [0.1, 0.15) is 22.8 Å². The Morgan fingerprint density at radius 1 is 0.861 bits per heavy atom.